The Morgan fingerprint density at radius 2 is 2.00 bits per heavy atom. The van der Waals surface area contributed by atoms with E-state index in [2.05, 4.69) is 0 Å². The zero-order valence-corrected chi connectivity index (χ0v) is 11.3. The van der Waals surface area contributed by atoms with Crippen LogP contribution in [0.15, 0.2) is 12.1 Å². The highest BCUT2D eigenvalue weighted by Crippen LogP contribution is 2.29. The van der Waals surface area contributed by atoms with Crippen molar-refractivity contribution in [3.8, 4) is 0 Å². The maximum atomic E-state index is 12.4. The molecule has 1 aliphatic rings. The van der Waals surface area contributed by atoms with Gasteiger partial charge in [-0.2, -0.15) is 0 Å². The number of amides is 1. The van der Waals surface area contributed by atoms with Crippen molar-refractivity contribution in [1.29, 1.82) is 0 Å². The number of thiophene rings is 1. The molecule has 6 heteroatoms. The van der Waals surface area contributed by atoms with Crippen LogP contribution in [0.25, 0.3) is 0 Å². The predicted octanol–water partition coefficient (Wildman–Crippen LogP) is 3.06. The van der Waals surface area contributed by atoms with Gasteiger partial charge in [0.15, 0.2) is 0 Å². The largest absolute Gasteiger partial charge is 0.333 e. The van der Waals surface area contributed by atoms with Crippen molar-refractivity contribution in [2.75, 3.05) is 0 Å². The lowest BCUT2D eigenvalue weighted by Crippen LogP contribution is -2.47. The zero-order valence-electron chi connectivity index (χ0n) is 10.5. The Morgan fingerprint density at radius 1 is 1.39 bits per heavy atom. The summed E-state index contributed by atoms with van der Waals surface area (Å²) in [6.07, 6.45) is 3.14. The molecule has 2 heterocycles. The maximum absolute atomic E-state index is 12.4. The Bertz CT molecular complexity index is 462. The molecule has 0 bridgehead atoms. The number of carbonyl (C=O) groups excluding carboxylic acids is 1. The van der Waals surface area contributed by atoms with E-state index in [-0.39, 0.29) is 23.0 Å². The second-order valence-corrected chi connectivity index (χ2v) is 5.80. The van der Waals surface area contributed by atoms with Crippen LogP contribution in [0, 0.1) is 10.1 Å². The minimum absolute atomic E-state index is 0.0238. The van der Waals surface area contributed by atoms with E-state index in [0.29, 0.717) is 4.88 Å². The highest BCUT2D eigenvalue weighted by molar-refractivity contribution is 7.17. The number of piperidine rings is 1. The first-order chi connectivity index (χ1) is 8.50. The van der Waals surface area contributed by atoms with Crippen LogP contribution in [-0.2, 0) is 0 Å². The van der Waals surface area contributed by atoms with Gasteiger partial charge in [0, 0.05) is 18.2 Å². The van der Waals surface area contributed by atoms with Gasteiger partial charge in [-0.3, -0.25) is 14.9 Å². The van der Waals surface area contributed by atoms with Crippen LogP contribution in [0.1, 0.15) is 42.8 Å². The van der Waals surface area contributed by atoms with E-state index in [1.54, 1.807) is 6.07 Å². The molecule has 1 aromatic heterocycles. The fourth-order valence-corrected chi connectivity index (χ4v) is 3.25. The molecule has 5 nitrogen and oxygen atoms in total. The molecular formula is C12H16N2O3S. The van der Waals surface area contributed by atoms with Crippen LogP contribution in [0.4, 0.5) is 5.00 Å². The molecule has 0 N–H and O–H groups in total. The van der Waals surface area contributed by atoms with Crippen molar-refractivity contribution in [3.05, 3.63) is 27.1 Å². The molecular weight excluding hydrogens is 252 g/mol. The van der Waals surface area contributed by atoms with E-state index in [1.807, 2.05) is 18.7 Å². The van der Waals surface area contributed by atoms with Crippen molar-refractivity contribution < 1.29 is 9.72 Å². The molecule has 0 spiro atoms. The summed E-state index contributed by atoms with van der Waals surface area (Å²) in [5, 5.41) is 10.7. The van der Waals surface area contributed by atoms with Gasteiger partial charge in [-0.05, 0) is 39.2 Å². The normalized spacial score (nSPS) is 24.0. The van der Waals surface area contributed by atoms with Crippen molar-refractivity contribution in [1.82, 2.24) is 4.90 Å². The van der Waals surface area contributed by atoms with Crippen LogP contribution < -0.4 is 0 Å². The molecule has 1 aromatic rings. The molecule has 18 heavy (non-hydrogen) atoms. The lowest BCUT2D eigenvalue weighted by Gasteiger charge is -2.38. The number of likely N-dealkylation sites (tertiary alicyclic amines) is 1. The minimum Gasteiger partial charge on any atom is -0.333 e. The fraction of sp³-hybridized carbons (Fsp3) is 0.583. The molecule has 0 radical (unpaired) electrons. The van der Waals surface area contributed by atoms with E-state index >= 15 is 0 Å². The van der Waals surface area contributed by atoms with Gasteiger partial charge in [-0.1, -0.05) is 11.3 Å². The second-order valence-electron chi connectivity index (χ2n) is 4.74. The number of nitro groups is 1. The minimum atomic E-state index is -0.454. The third-order valence-corrected chi connectivity index (χ3v) is 4.44. The van der Waals surface area contributed by atoms with Crippen LogP contribution >= 0.6 is 11.3 Å². The topological polar surface area (TPSA) is 63.5 Å². The standard InChI is InChI=1S/C12H16N2O3S/c1-8-4-3-5-9(2)13(8)12(15)10-6-7-11(18-10)14(16)17/h6-9H,3-5H2,1-2H3. The first-order valence-electron chi connectivity index (χ1n) is 6.07. The third-order valence-electron chi connectivity index (χ3n) is 3.41. The van der Waals surface area contributed by atoms with Gasteiger partial charge in [0.25, 0.3) is 5.91 Å². The summed E-state index contributed by atoms with van der Waals surface area (Å²) in [7, 11) is 0. The van der Waals surface area contributed by atoms with Gasteiger partial charge in [0.05, 0.1) is 9.80 Å². The summed E-state index contributed by atoms with van der Waals surface area (Å²) in [5.74, 6) is -0.0761. The van der Waals surface area contributed by atoms with Gasteiger partial charge < -0.3 is 4.90 Å². The first-order valence-corrected chi connectivity index (χ1v) is 6.89. The average molecular weight is 268 g/mol. The molecule has 1 aliphatic heterocycles. The Balaban J connectivity index is 2.21. The van der Waals surface area contributed by atoms with Crippen molar-refractivity contribution in [3.63, 3.8) is 0 Å². The Kier molecular flexibility index (Phi) is 3.65. The monoisotopic (exact) mass is 268 g/mol. The Labute approximate surface area is 110 Å². The van der Waals surface area contributed by atoms with Crippen molar-refractivity contribution in [2.24, 2.45) is 0 Å². The van der Waals surface area contributed by atoms with E-state index < -0.39 is 4.92 Å². The number of hydrogen-bond donors (Lipinski definition) is 0. The molecule has 98 valence electrons. The number of hydrogen-bond acceptors (Lipinski definition) is 4. The van der Waals surface area contributed by atoms with Gasteiger partial charge in [-0.15, -0.1) is 0 Å². The summed E-state index contributed by atoms with van der Waals surface area (Å²) in [6, 6.07) is 3.38. The summed E-state index contributed by atoms with van der Waals surface area (Å²) in [5.41, 5.74) is 0. The van der Waals surface area contributed by atoms with Gasteiger partial charge in [-0.25, -0.2) is 0 Å². The lowest BCUT2D eigenvalue weighted by atomic mass is 9.97. The number of rotatable bonds is 2. The quantitative estimate of drug-likeness (QED) is 0.611. The smallest absolute Gasteiger partial charge is 0.324 e. The molecule has 2 unspecified atom stereocenters. The lowest BCUT2D eigenvalue weighted by molar-refractivity contribution is -0.380. The zero-order chi connectivity index (χ0) is 13.3. The molecule has 0 aromatic carbocycles. The molecule has 2 atom stereocenters. The van der Waals surface area contributed by atoms with E-state index in [9.17, 15) is 14.9 Å². The summed E-state index contributed by atoms with van der Waals surface area (Å²) in [4.78, 5) is 24.9. The van der Waals surface area contributed by atoms with E-state index in [1.165, 1.54) is 6.07 Å². The average Bonchev–Trinajstić information content (AvgIpc) is 2.77. The summed E-state index contributed by atoms with van der Waals surface area (Å²) >= 11 is 0.957. The van der Waals surface area contributed by atoms with E-state index in [4.69, 9.17) is 0 Å². The highest BCUT2D eigenvalue weighted by Gasteiger charge is 2.31. The van der Waals surface area contributed by atoms with Crippen LogP contribution in [-0.4, -0.2) is 27.8 Å². The molecule has 1 amide bonds. The van der Waals surface area contributed by atoms with Crippen LogP contribution in [0.2, 0.25) is 0 Å². The third kappa shape index (κ3) is 2.38. The van der Waals surface area contributed by atoms with Crippen molar-refractivity contribution in [2.45, 2.75) is 45.2 Å². The maximum Gasteiger partial charge on any atom is 0.324 e. The van der Waals surface area contributed by atoms with Gasteiger partial charge >= 0.3 is 5.00 Å². The summed E-state index contributed by atoms with van der Waals surface area (Å²) < 4.78 is 0. The second kappa shape index (κ2) is 5.06. The number of carbonyl (C=O) groups is 1. The van der Waals surface area contributed by atoms with E-state index in [0.717, 1.165) is 30.6 Å². The number of nitrogens with zero attached hydrogens (tertiary/aromatic N) is 2. The molecule has 1 fully saturated rings. The SMILES string of the molecule is CC1CCCC(C)N1C(=O)c1ccc([N+](=O)[O-])s1. The molecule has 1 saturated heterocycles. The van der Waals surface area contributed by atoms with Gasteiger partial charge in [0.2, 0.25) is 0 Å². The fourth-order valence-electron chi connectivity index (χ4n) is 2.49. The molecule has 0 aliphatic carbocycles. The van der Waals surface area contributed by atoms with Gasteiger partial charge in [0.1, 0.15) is 0 Å². The molecule has 0 saturated carbocycles. The Hall–Kier alpha value is -1.43. The Morgan fingerprint density at radius 3 is 2.50 bits per heavy atom. The first kappa shape index (κ1) is 13.0. The molecule has 2 rings (SSSR count). The summed E-state index contributed by atoms with van der Waals surface area (Å²) in [6.45, 7) is 4.07. The van der Waals surface area contributed by atoms with Crippen LogP contribution in [0.3, 0.4) is 0 Å². The van der Waals surface area contributed by atoms with Crippen molar-refractivity contribution >= 4 is 22.2 Å². The predicted molar refractivity (Wildman–Crippen MR) is 69.9 cm³/mol. The van der Waals surface area contributed by atoms with Crippen LogP contribution in [0.5, 0.6) is 0 Å². The highest BCUT2D eigenvalue weighted by atomic mass is 32.1.